The van der Waals surface area contributed by atoms with Crippen molar-refractivity contribution in [3.63, 3.8) is 0 Å². The topological polar surface area (TPSA) is 142 Å². The molecule has 11 heteroatoms. The number of hydrogen-bond donors (Lipinski definition) is 3. The minimum absolute atomic E-state index is 0.00727. The van der Waals surface area contributed by atoms with Gasteiger partial charge in [-0.25, -0.2) is 0 Å². The number of carbonyl (C=O) groups is 1. The van der Waals surface area contributed by atoms with Gasteiger partial charge in [0.15, 0.2) is 11.6 Å². The summed E-state index contributed by atoms with van der Waals surface area (Å²) in [5.74, 6) is -3.26. The molecule has 3 N–H and O–H groups in total. The molecule has 11 nitrogen and oxygen atoms in total. The van der Waals surface area contributed by atoms with Gasteiger partial charge in [-0.1, -0.05) is 41.5 Å². The third-order valence-corrected chi connectivity index (χ3v) is 14.4. The lowest BCUT2D eigenvalue weighted by atomic mass is 9.78. The Balaban J connectivity index is 1.13. The Hall–Kier alpha value is -0.890. The molecule has 0 radical (unpaired) electrons. The maximum atomic E-state index is 11.8. The zero-order valence-corrected chi connectivity index (χ0v) is 32.8. The van der Waals surface area contributed by atoms with Gasteiger partial charge < -0.3 is 48.5 Å². The zero-order valence-electron chi connectivity index (χ0n) is 32.8. The molecule has 294 valence electrons. The van der Waals surface area contributed by atoms with E-state index >= 15 is 0 Å². The van der Waals surface area contributed by atoms with Crippen LogP contribution in [0, 0.1) is 41.4 Å². The van der Waals surface area contributed by atoms with Gasteiger partial charge >= 0.3 is 5.97 Å². The number of ether oxygens (including phenoxy) is 7. The van der Waals surface area contributed by atoms with Gasteiger partial charge in [0, 0.05) is 37.7 Å². The van der Waals surface area contributed by atoms with Crippen molar-refractivity contribution in [2.45, 2.75) is 192 Å². The molecule has 6 aliphatic heterocycles. The Kier molecular flexibility index (Phi) is 11.4. The molecular formula is C40H68O11. The summed E-state index contributed by atoms with van der Waals surface area (Å²) in [5, 5.41) is 30.7. The van der Waals surface area contributed by atoms with E-state index in [0.29, 0.717) is 6.42 Å². The minimum atomic E-state index is -1.55. The molecule has 0 aromatic carbocycles. The van der Waals surface area contributed by atoms with E-state index in [1.165, 1.54) is 0 Å². The van der Waals surface area contributed by atoms with Crippen LogP contribution in [-0.2, 0) is 38.0 Å². The Morgan fingerprint density at radius 3 is 2.25 bits per heavy atom. The van der Waals surface area contributed by atoms with Gasteiger partial charge in [0.1, 0.15) is 0 Å². The van der Waals surface area contributed by atoms with Crippen LogP contribution in [0.2, 0.25) is 0 Å². The largest absolute Gasteiger partial charge is 0.481 e. The van der Waals surface area contributed by atoms with Crippen molar-refractivity contribution in [2.24, 2.45) is 41.4 Å². The molecule has 6 saturated heterocycles. The van der Waals surface area contributed by atoms with Gasteiger partial charge in [-0.2, -0.15) is 0 Å². The molecule has 0 bridgehead atoms. The number of aliphatic hydroxyl groups excluding tert-OH is 1. The van der Waals surface area contributed by atoms with Crippen molar-refractivity contribution >= 4 is 5.97 Å². The highest BCUT2D eigenvalue weighted by molar-refractivity contribution is 5.70. The molecule has 0 amide bonds. The lowest BCUT2D eigenvalue weighted by molar-refractivity contribution is -0.353. The van der Waals surface area contributed by atoms with Gasteiger partial charge in [0.2, 0.25) is 0 Å². The van der Waals surface area contributed by atoms with Gasteiger partial charge in [-0.3, -0.25) is 4.79 Å². The second-order valence-corrected chi connectivity index (χ2v) is 18.4. The predicted octanol–water partition coefficient (Wildman–Crippen LogP) is 5.71. The van der Waals surface area contributed by atoms with E-state index in [0.717, 1.165) is 51.4 Å². The average Bonchev–Trinajstić information content (AvgIpc) is 3.75. The van der Waals surface area contributed by atoms with Gasteiger partial charge in [-0.05, 0) is 83.5 Å². The lowest BCUT2D eigenvalue weighted by Gasteiger charge is -2.50. The summed E-state index contributed by atoms with van der Waals surface area (Å²) < 4.78 is 47.0. The Labute approximate surface area is 305 Å². The first kappa shape index (κ1) is 39.8. The lowest BCUT2D eigenvalue weighted by Crippen LogP contribution is -2.58. The summed E-state index contributed by atoms with van der Waals surface area (Å²) in [5.41, 5.74) is -1.10. The highest BCUT2D eigenvalue weighted by atomic mass is 16.7. The third-order valence-electron chi connectivity index (χ3n) is 14.4. The van der Waals surface area contributed by atoms with Crippen molar-refractivity contribution in [1.29, 1.82) is 0 Å². The number of rotatable bonds is 9. The summed E-state index contributed by atoms with van der Waals surface area (Å²) >= 11 is 0. The second kappa shape index (κ2) is 14.6. The van der Waals surface area contributed by atoms with Crippen LogP contribution in [0.5, 0.6) is 0 Å². The molecule has 0 aromatic rings. The molecule has 51 heavy (non-hydrogen) atoms. The molecule has 19 atom stereocenters. The quantitative estimate of drug-likeness (QED) is 0.269. The van der Waals surface area contributed by atoms with E-state index < -0.39 is 41.3 Å². The first-order valence-electron chi connectivity index (χ1n) is 20.0. The van der Waals surface area contributed by atoms with Crippen molar-refractivity contribution in [3.8, 4) is 0 Å². The first-order valence-corrected chi connectivity index (χ1v) is 20.0. The number of methoxy groups -OCH3 is 1. The van der Waals surface area contributed by atoms with Crippen molar-refractivity contribution < 1.29 is 53.3 Å². The maximum Gasteiger partial charge on any atom is 0.308 e. The number of hydrogen-bond acceptors (Lipinski definition) is 10. The monoisotopic (exact) mass is 724 g/mol. The molecule has 0 unspecified atom stereocenters. The predicted molar refractivity (Wildman–Crippen MR) is 189 cm³/mol. The Morgan fingerprint density at radius 2 is 1.59 bits per heavy atom. The van der Waals surface area contributed by atoms with E-state index in [4.69, 9.17) is 33.2 Å². The fraction of sp³-hybridized carbons (Fsp3) is 0.975. The van der Waals surface area contributed by atoms with E-state index in [2.05, 4.69) is 48.5 Å². The summed E-state index contributed by atoms with van der Waals surface area (Å²) in [4.78, 5) is 11.8. The van der Waals surface area contributed by atoms with E-state index in [1.807, 2.05) is 6.92 Å². The molecular weight excluding hydrogens is 656 g/mol. The van der Waals surface area contributed by atoms with Gasteiger partial charge in [0.25, 0.3) is 0 Å². The van der Waals surface area contributed by atoms with E-state index in [9.17, 15) is 20.1 Å². The molecule has 0 saturated carbocycles. The first-order chi connectivity index (χ1) is 23.9. The number of carboxylic acids is 1. The summed E-state index contributed by atoms with van der Waals surface area (Å²) in [6, 6.07) is 0. The van der Waals surface area contributed by atoms with Gasteiger partial charge in [0.05, 0.1) is 72.6 Å². The van der Waals surface area contributed by atoms with Crippen LogP contribution in [0.4, 0.5) is 0 Å². The van der Waals surface area contributed by atoms with E-state index in [1.54, 1.807) is 14.0 Å². The Morgan fingerprint density at radius 1 is 0.863 bits per heavy atom. The zero-order chi connectivity index (χ0) is 37.3. The van der Waals surface area contributed by atoms with Crippen molar-refractivity contribution in [1.82, 2.24) is 0 Å². The van der Waals surface area contributed by atoms with E-state index in [-0.39, 0.29) is 84.3 Å². The highest BCUT2D eigenvalue weighted by Crippen LogP contribution is 2.57. The van der Waals surface area contributed by atoms with Crippen LogP contribution in [0.3, 0.4) is 0 Å². The highest BCUT2D eigenvalue weighted by Gasteiger charge is 2.65. The average molecular weight is 725 g/mol. The number of carboxylic acid groups (broad SMARTS) is 1. The smallest absolute Gasteiger partial charge is 0.308 e. The summed E-state index contributed by atoms with van der Waals surface area (Å²) in [6.07, 6.45) is 5.85. The Bertz CT molecular complexity index is 1230. The molecule has 6 rings (SSSR count). The van der Waals surface area contributed by atoms with Crippen LogP contribution in [0.25, 0.3) is 0 Å². The fourth-order valence-electron chi connectivity index (χ4n) is 11.3. The van der Waals surface area contributed by atoms with Crippen LogP contribution in [0.15, 0.2) is 0 Å². The summed E-state index contributed by atoms with van der Waals surface area (Å²) in [7, 11) is 1.77. The third kappa shape index (κ3) is 7.19. The normalized spacial score (nSPS) is 54.2. The fourth-order valence-corrected chi connectivity index (χ4v) is 11.3. The SMILES string of the molecule is CO[C@H]1C[C@@H](C[C@@H]2CC[C@@H](C)[C@@H]([C@H](C)C(=O)O)O2)O[C@]2(O[C@@](C)([C@H]3CC[C@@](C)([C@@H]4O[C@@H]([C@H]5O[C@](O)(CO)[C@H](C)C[C@@H]5C)C[C@@H]4C)O3)C[C@@H]2C)[C@H]1C. The van der Waals surface area contributed by atoms with Crippen molar-refractivity contribution in [3.05, 3.63) is 0 Å². The van der Waals surface area contributed by atoms with Crippen LogP contribution in [-0.4, -0.2) is 107 Å². The van der Waals surface area contributed by atoms with Crippen molar-refractivity contribution in [2.75, 3.05) is 13.7 Å². The van der Waals surface area contributed by atoms with Crippen LogP contribution in [0.1, 0.15) is 120 Å². The second-order valence-electron chi connectivity index (χ2n) is 18.4. The van der Waals surface area contributed by atoms with Crippen LogP contribution >= 0.6 is 0 Å². The maximum absolute atomic E-state index is 11.8. The summed E-state index contributed by atoms with van der Waals surface area (Å²) in [6.45, 7) is 18.4. The molecule has 0 aromatic heterocycles. The number of aliphatic hydroxyl groups is 2. The molecule has 0 aliphatic carbocycles. The van der Waals surface area contributed by atoms with Crippen LogP contribution < -0.4 is 0 Å². The molecule has 6 aliphatic rings. The molecule has 1 spiro atoms. The number of aliphatic carboxylic acids is 1. The standard InChI is InChI=1S/C40H68O11/c1-21-11-12-28(46-33(21)26(6)36(42)43)17-29-18-30(45-10)27(7)40(48-29)25(5)19-38(9,51-40)32-13-14-37(8,49-32)35-23(3)16-31(47-35)34-22(2)15-24(4)39(44,20-41)50-34/h21-35,41,44H,11-20H2,1-10H3,(H,42,43)/t21-,22+,23+,24-,25+,26+,27+,28+,29-,30+,31-,32-,33+,34+,35-,37+,38-,39-,40-/m1/s1. The molecule has 6 heterocycles. The van der Waals surface area contributed by atoms with Gasteiger partial charge in [-0.15, -0.1) is 0 Å². The minimum Gasteiger partial charge on any atom is -0.481 e. The molecule has 6 fully saturated rings.